The number of nitrogens with one attached hydrogen (secondary N) is 1. The van der Waals surface area contributed by atoms with Crippen molar-refractivity contribution in [2.24, 2.45) is 11.8 Å². The summed E-state index contributed by atoms with van der Waals surface area (Å²) in [7, 11) is 0. The van der Waals surface area contributed by atoms with Gasteiger partial charge >= 0.3 is 0 Å². The van der Waals surface area contributed by atoms with Crippen LogP contribution in [0.15, 0.2) is 24.3 Å². The molecular formula is C20H29ClN4O2. The highest BCUT2D eigenvalue weighted by Crippen LogP contribution is 2.38. The molecule has 1 heterocycles. The molecule has 2 aromatic rings. The number of unbranched alkanes of at least 4 members (excludes halogenated alkanes) is 1. The van der Waals surface area contributed by atoms with E-state index >= 15 is 0 Å². The van der Waals surface area contributed by atoms with Crippen molar-refractivity contribution in [1.29, 1.82) is 0 Å². The molecule has 0 aliphatic heterocycles. The number of hydrogen-bond acceptors (Lipinski definition) is 5. The Morgan fingerprint density at radius 1 is 1.19 bits per heavy atom. The molecular weight excluding hydrogens is 364 g/mol. The van der Waals surface area contributed by atoms with Crippen LogP contribution in [-0.4, -0.2) is 44.3 Å². The zero-order valence-electron chi connectivity index (χ0n) is 15.7. The van der Waals surface area contributed by atoms with E-state index in [1.807, 2.05) is 12.1 Å². The highest BCUT2D eigenvalue weighted by molar-refractivity contribution is 6.21. The van der Waals surface area contributed by atoms with Crippen molar-refractivity contribution in [3.63, 3.8) is 0 Å². The molecule has 3 atom stereocenters. The summed E-state index contributed by atoms with van der Waals surface area (Å²) in [6, 6.07) is 8.20. The summed E-state index contributed by atoms with van der Waals surface area (Å²) in [6.07, 6.45) is 7.16. The average molecular weight is 393 g/mol. The van der Waals surface area contributed by atoms with E-state index in [1.54, 1.807) is 0 Å². The number of benzene rings is 1. The molecule has 1 aromatic heterocycles. The number of aliphatic hydroxyl groups is 1. The van der Waals surface area contributed by atoms with Crippen molar-refractivity contribution in [3.8, 4) is 0 Å². The van der Waals surface area contributed by atoms with Crippen LogP contribution in [-0.2, 0) is 24.2 Å². The SMILES string of the molecule is OCc1cccc(CC[C@H]2C(Cl)CC[C@@H]2COCCCCc2nn[nH]n2)c1. The van der Waals surface area contributed by atoms with Crippen molar-refractivity contribution in [3.05, 3.63) is 41.2 Å². The van der Waals surface area contributed by atoms with E-state index in [1.165, 1.54) is 5.56 Å². The first kappa shape index (κ1) is 20.2. The molecule has 1 fully saturated rings. The molecule has 0 spiro atoms. The molecule has 148 valence electrons. The van der Waals surface area contributed by atoms with Gasteiger partial charge in [-0.1, -0.05) is 29.5 Å². The largest absolute Gasteiger partial charge is 0.392 e. The number of tetrazole rings is 1. The Bertz CT molecular complexity index is 668. The fourth-order valence-electron chi connectivity index (χ4n) is 3.95. The third kappa shape index (κ3) is 6.26. The Morgan fingerprint density at radius 3 is 2.89 bits per heavy atom. The number of ether oxygens (including phenoxy) is 1. The van der Waals surface area contributed by atoms with Gasteiger partial charge in [0.25, 0.3) is 0 Å². The quantitative estimate of drug-likeness (QED) is 0.452. The molecule has 3 rings (SSSR count). The summed E-state index contributed by atoms with van der Waals surface area (Å²) in [6.45, 7) is 1.66. The van der Waals surface area contributed by atoms with E-state index in [0.29, 0.717) is 11.8 Å². The van der Waals surface area contributed by atoms with Gasteiger partial charge < -0.3 is 9.84 Å². The molecule has 1 aliphatic carbocycles. The van der Waals surface area contributed by atoms with Crippen molar-refractivity contribution < 1.29 is 9.84 Å². The van der Waals surface area contributed by atoms with Gasteiger partial charge in [0, 0.05) is 25.0 Å². The average Bonchev–Trinajstić information content (AvgIpc) is 3.33. The maximum Gasteiger partial charge on any atom is 0.174 e. The van der Waals surface area contributed by atoms with Crippen molar-refractivity contribution in [1.82, 2.24) is 20.6 Å². The van der Waals surface area contributed by atoms with Crippen LogP contribution in [0, 0.1) is 11.8 Å². The molecule has 7 heteroatoms. The lowest BCUT2D eigenvalue weighted by Gasteiger charge is -2.22. The second-order valence-corrected chi connectivity index (χ2v) is 7.95. The molecule has 0 saturated heterocycles. The van der Waals surface area contributed by atoms with E-state index in [-0.39, 0.29) is 12.0 Å². The third-order valence-corrected chi connectivity index (χ3v) is 6.03. The number of H-pyrrole nitrogens is 1. The van der Waals surface area contributed by atoms with Gasteiger partial charge in [-0.05, 0) is 61.5 Å². The fourth-order valence-corrected chi connectivity index (χ4v) is 4.41. The lowest BCUT2D eigenvalue weighted by Crippen LogP contribution is -2.20. The van der Waals surface area contributed by atoms with Gasteiger partial charge in [-0.15, -0.1) is 21.8 Å². The van der Waals surface area contributed by atoms with Crippen LogP contribution in [0.5, 0.6) is 0 Å². The van der Waals surface area contributed by atoms with E-state index < -0.39 is 0 Å². The predicted molar refractivity (Wildman–Crippen MR) is 104 cm³/mol. The van der Waals surface area contributed by atoms with Crippen LogP contribution in [0.3, 0.4) is 0 Å². The number of halogens is 1. The van der Waals surface area contributed by atoms with Gasteiger partial charge in [0.1, 0.15) is 0 Å². The predicted octanol–water partition coefficient (Wildman–Crippen LogP) is 3.30. The van der Waals surface area contributed by atoms with E-state index in [9.17, 15) is 5.11 Å². The number of aromatic nitrogens is 4. The zero-order chi connectivity index (χ0) is 18.9. The van der Waals surface area contributed by atoms with Crippen LogP contribution >= 0.6 is 11.6 Å². The first-order valence-electron chi connectivity index (χ1n) is 9.89. The maximum atomic E-state index is 9.29. The zero-order valence-corrected chi connectivity index (χ0v) is 16.4. The number of hydrogen-bond donors (Lipinski definition) is 2. The third-order valence-electron chi connectivity index (χ3n) is 5.48. The second kappa shape index (κ2) is 10.7. The summed E-state index contributed by atoms with van der Waals surface area (Å²) < 4.78 is 5.95. The van der Waals surface area contributed by atoms with Gasteiger partial charge in [0.05, 0.1) is 6.61 Å². The summed E-state index contributed by atoms with van der Waals surface area (Å²) in [5, 5.41) is 23.5. The van der Waals surface area contributed by atoms with Crippen molar-refractivity contribution >= 4 is 11.6 Å². The van der Waals surface area contributed by atoms with Crippen LogP contribution in [0.4, 0.5) is 0 Å². The number of rotatable bonds is 11. The molecule has 1 aromatic carbocycles. The number of aryl methyl sites for hydroxylation is 2. The van der Waals surface area contributed by atoms with Gasteiger partial charge in [-0.25, -0.2) is 0 Å². The first-order chi connectivity index (χ1) is 13.3. The number of aromatic amines is 1. The topological polar surface area (TPSA) is 83.9 Å². The minimum atomic E-state index is 0.0958. The minimum absolute atomic E-state index is 0.0958. The van der Waals surface area contributed by atoms with E-state index in [0.717, 1.165) is 69.5 Å². The van der Waals surface area contributed by atoms with Crippen molar-refractivity contribution in [2.75, 3.05) is 13.2 Å². The minimum Gasteiger partial charge on any atom is -0.392 e. The Labute approximate surface area is 165 Å². The Morgan fingerprint density at radius 2 is 2.07 bits per heavy atom. The second-order valence-electron chi connectivity index (χ2n) is 7.39. The fraction of sp³-hybridized carbons (Fsp3) is 0.650. The molecule has 0 amide bonds. The van der Waals surface area contributed by atoms with Crippen LogP contribution in [0.25, 0.3) is 0 Å². The molecule has 0 bridgehead atoms. The van der Waals surface area contributed by atoms with Crippen molar-refractivity contribution in [2.45, 2.75) is 56.9 Å². The molecule has 1 saturated carbocycles. The molecule has 6 nitrogen and oxygen atoms in total. The summed E-state index contributed by atoms with van der Waals surface area (Å²) >= 11 is 6.60. The van der Waals surface area contributed by atoms with Crippen LogP contribution in [0.2, 0.25) is 0 Å². The maximum absolute atomic E-state index is 9.29. The highest BCUT2D eigenvalue weighted by atomic mass is 35.5. The monoisotopic (exact) mass is 392 g/mol. The Balaban J connectivity index is 1.36. The highest BCUT2D eigenvalue weighted by Gasteiger charge is 2.34. The number of alkyl halides is 1. The molecule has 1 unspecified atom stereocenters. The normalized spacial score (nSPS) is 22.4. The number of aliphatic hydroxyl groups excluding tert-OH is 1. The Kier molecular flexibility index (Phi) is 8.05. The van der Waals surface area contributed by atoms with Gasteiger partial charge in [0.15, 0.2) is 5.82 Å². The summed E-state index contributed by atoms with van der Waals surface area (Å²) in [4.78, 5) is 0. The van der Waals surface area contributed by atoms with E-state index in [4.69, 9.17) is 16.3 Å². The van der Waals surface area contributed by atoms with Gasteiger partial charge in [0.2, 0.25) is 0 Å². The molecule has 2 N–H and O–H groups in total. The molecule has 0 radical (unpaired) electrons. The van der Waals surface area contributed by atoms with Gasteiger partial charge in [-0.2, -0.15) is 5.21 Å². The lowest BCUT2D eigenvalue weighted by molar-refractivity contribution is 0.0819. The lowest BCUT2D eigenvalue weighted by atomic mass is 9.90. The smallest absolute Gasteiger partial charge is 0.174 e. The first-order valence-corrected chi connectivity index (χ1v) is 10.3. The van der Waals surface area contributed by atoms with Crippen LogP contribution < -0.4 is 0 Å². The summed E-state index contributed by atoms with van der Waals surface area (Å²) in [5.74, 6) is 1.82. The number of nitrogens with zero attached hydrogens (tertiary/aromatic N) is 3. The van der Waals surface area contributed by atoms with Gasteiger partial charge in [-0.3, -0.25) is 0 Å². The van der Waals surface area contributed by atoms with Crippen LogP contribution in [0.1, 0.15) is 49.1 Å². The Hall–Kier alpha value is -1.50. The molecule has 1 aliphatic rings. The standard InChI is InChI=1S/C20H29ClN4O2/c21-19-10-8-17(14-27-11-2-1-6-20-22-24-25-23-20)18(19)9-7-15-4-3-5-16(12-15)13-26/h3-5,12,17-19,26H,1-2,6-11,13-14H2,(H,22,23,24,25)/t17-,18-,19?/m1/s1. The molecule has 27 heavy (non-hydrogen) atoms. The van der Waals surface area contributed by atoms with E-state index in [2.05, 4.69) is 32.8 Å². The summed E-state index contributed by atoms with van der Waals surface area (Å²) in [5.41, 5.74) is 2.25.